The number of hydrogen-bond donors (Lipinski definition) is 1. The predicted molar refractivity (Wildman–Crippen MR) is 125 cm³/mol. The monoisotopic (exact) mass is 441 g/mol. The van der Waals surface area contributed by atoms with Gasteiger partial charge in [-0.05, 0) is 61.4 Å². The largest absolute Gasteiger partial charge is 0.426 e. The fraction of sp³-hybridized carbons (Fsp3) is 0.192. The Morgan fingerprint density at radius 3 is 2.33 bits per heavy atom. The molecular formula is C26H23N3O4. The highest BCUT2D eigenvalue weighted by molar-refractivity contribution is 6.04. The summed E-state index contributed by atoms with van der Waals surface area (Å²) in [4.78, 5) is 31.5. The van der Waals surface area contributed by atoms with Gasteiger partial charge in [-0.1, -0.05) is 30.3 Å². The minimum Gasteiger partial charge on any atom is -0.426 e. The Morgan fingerprint density at radius 2 is 1.61 bits per heavy atom. The van der Waals surface area contributed by atoms with Crippen LogP contribution in [0.3, 0.4) is 0 Å². The van der Waals surface area contributed by atoms with Crippen molar-refractivity contribution >= 4 is 34.7 Å². The van der Waals surface area contributed by atoms with E-state index < -0.39 is 0 Å². The SMILES string of the molecule is O=C(Nc1ccc(OC(=O)C2CCN(c3nc4ccccc4o3)CC2)cc1)c1ccccc1. The number of hydrogen-bond acceptors (Lipinski definition) is 6. The van der Waals surface area contributed by atoms with Crippen molar-refractivity contribution in [2.75, 3.05) is 23.3 Å². The van der Waals surface area contributed by atoms with Crippen molar-refractivity contribution in [3.63, 3.8) is 0 Å². The standard InChI is InChI=1S/C26H23N3O4/c30-24(18-6-2-1-3-7-18)27-20-10-12-21(13-11-20)32-25(31)19-14-16-29(17-15-19)26-28-22-8-4-5-9-23(22)33-26/h1-13,19H,14-17H2,(H,27,30). The molecule has 4 aromatic rings. The zero-order valence-electron chi connectivity index (χ0n) is 17.9. The van der Waals surface area contributed by atoms with Gasteiger partial charge in [0, 0.05) is 24.3 Å². The molecule has 0 radical (unpaired) electrons. The van der Waals surface area contributed by atoms with Crippen LogP contribution in [-0.4, -0.2) is 29.9 Å². The molecule has 1 aromatic heterocycles. The molecular weight excluding hydrogens is 418 g/mol. The number of esters is 1. The van der Waals surface area contributed by atoms with E-state index in [4.69, 9.17) is 9.15 Å². The molecule has 1 fully saturated rings. The van der Waals surface area contributed by atoms with E-state index in [9.17, 15) is 9.59 Å². The minimum absolute atomic E-state index is 0.178. The lowest BCUT2D eigenvalue weighted by Gasteiger charge is -2.29. The van der Waals surface area contributed by atoms with E-state index in [0.29, 0.717) is 48.9 Å². The number of fused-ring (bicyclic) bond motifs is 1. The van der Waals surface area contributed by atoms with Gasteiger partial charge in [0.05, 0.1) is 5.92 Å². The van der Waals surface area contributed by atoms with Crippen LogP contribution in [0.5, 0.6) is 5.75 Å². The van der Waals surface area contributed by atoms with Gasteiger partial charge in [0.15, 0.2) is 5.58 Å². The summed E-state index contributed by atoms with van der Waals surface area (Å²) >= 11 is 0. The molecule has 0 saturated carbocycles. The third-order valence-corrected chi connectivity index (χ3v) is 5.75. The average Bonchev–Trinajstić information content (AvgIpc) is 3.30. The first-order valence-corrected chi connectivity index (χ1v) is 10.9. The summed E-state index contributed by atoms with van der Waals surface area (Å²) in [6, 6.07) is 24.1. The molecule has 1 N–H and O–H groups in total. The van der Waals surface area contributed by atoms with Gasteiger partial charge in [-0.15, -0.1) is 0 Å². The lowest BCUT2D eigenvalue weighted by atomic mass is 9.97. The molecule has 1 aliphatic heterocycles. The van der Waals surface area contributed by atoms with Crippen molar-refractivity contribution in [3.05, 3.63) is 84.4 Å². The van der Waals surface area contributed by atoms with Crippen molar-refractivity contribution in [3.8, 4) is 5.75 Å². The first kappa shape index (κ1) is 20.8. The van der Waals surface area contributed by atoms with Gasteiger partial charge in [-0.3, -0.25) is 9.59 Å². The molecule has 1 saturated heterocycles. The summed E-state index contributed by atoms with van der Waals surface area (Å²) in [6.45, 7) is 1.36. The Morgan fingerprint density at radius 1 is 0.909 bits per heavy atom. The van der Waals surface area contributed by atoms with Crippen LogP contribution in [0.1, 0.15) is 23.2 Å². The van der Waals surface area contributed by atoms with Crippen LogP contribution in [0.25, 0.3) is 11.1 Å². The average molecular weight is 441 g/mol. The molecule has 0 bridgehead atoms. The van der Waals surface area contributed by atoms with Gasteiger partial charge >= 0.3 is 5.97 Å². The van der Waals surface area contributed by atoms with Gasteiger partial charge in [-0.25, -0.2) is 0 Å². The summed E-state index contributed by atoms with van der Waals surface area (Å²) in [7, 11) is 0. The molecule has 0 unspecified atom stereocenters. The summed E-state index contributed by atoms with van der Waals surface area (Å²) < 4.78 is 11.4. The molecule has 1 aliphatic rings. The zero-order chi connectivity index (χ0) is 22.6. The molecule has 166 valence electrons. The number of piperidine rings is 1. The second-order valence-electron chi connectivity index (χ2n) is 7.99. The van der Waals surface area contributed by atoms with E-state index in [-0.39, 0.29) is 17.8 Å². The van der Waals surface area contributed by atoms with Crippen LogP contribution in [0.2, 0.25) is 0 Å². The van der Waals surface area contributed by atoms with Gasteiger partial charge in [-0.2, -0.15) is 4.98 Å². The fourth-order valence-electron chi connectivity index (χ4n) is 3.90. The van der Waals surface area contributed by atoms with Gasteiger partial charge in [0.2, 0.25) is 0 Å². The number of nitrogens with zero attached hydrogens (tertiary/aromatic N) is 2. The van der Waals surface area contributed by atoms with Crippen LogP contribution in [0.4, 0.5) is 11.7 Å². The number of benzene rings is 3. The maximum absolute atomic E-state index is 12.6. The first-order chi connectivity index (χ1) is 16.2. The van der Waals surface area contributed by atoms with Crippen LogP contribution in [0, 0.1) is 5.92 Å². The summed E-state index contributed by atoms with van der Waals surface area (Å²) in [5.41, 5.74) is 2.81. The number of aromatic nitrogens is 1. The van der Waals surface area contributed by atoms with Crippen molar-refractivity contribution in [1.29, 1.82) is 0 Å². The van der Waals surface area contributed by atoms with Crippen LogP contribution in [0.15, 0.2) is 83.3 Å². The topological polar surface area (TPSA) is 84.7 Å². The maximum atomic E-state index is 12.6. The Bertz CT molecular complexity index is 1230. The van der Waals surface area contributed by atoms with Gasteiger partial charge in [0.25, 0.3) is 11.9 Å². The highest BCUT2D eigenvalue weighted by Crippen LogP contribution is 2.27. The van der Waals surface area contributed by atoms with Gasteiger partial charge in [0.1, 0.15) is 11.3 Å². The van der Waals surface area contributed by atoms with E-state index >= 15 is 0 Å². The van der Waals surface area contributed by atoms with Crippen LogP contribution < -0.4 is 15.0 Å². The second-order valence-corrected chi connectivity index (χ2v) is 7.99. The number of amides is 1. The Hall–Kier alpha value is -4.13. The third kappa shape index (κ3) is 4.72. The van der Waals surface area contributed by atoms with Crippen molar-refractivity contribution in [1.82, 2.24) is 4.98 Å². The molecule has 0 spiro atoms. The molecule has 1 amide bonds. The number of carbonyl (C=O) groups excluding carboxylic acids is 2. The maximum Gasteiger partial charge on any atom is 0.314 e. The normalized spacial score (nSPS) is 14.2. The van der Waals surface area contributed by atoms with E-state index in [1.807, 2.05) is 42.5 Å². The van der Waals surface area contributed by atoms with Crippen molar-refractivity contribution in [2.45, 2.75) is 12.8 Å². The van der Waals surface area contributed by atoms with E-state index in [1.165, 1.54) is 0 Å². The van der Waals surface area contributed by atoms with E-state index in [1.54, 1.807) is 36.4 Å². The molecule has 2 heterocycles. The molecule has 0 atom stereocenters. The smallest absolute Gasteiger partial charge is 0.314 e. The number of nitrogens with one attached hydrogen (secondary N) is 1. The van der Waals surface area contributed by atoms with Gasteiger partial charge < -0.3 is 19.4 Å². The number of carbonyl (C=O) groups is 2. The number of para-hydroxylation sites is 2. The number of anilines is 2. The minimum atomic E-state index is -0.242. The number of ether oxygens (including phenoxy) is 1. The summed E-state index contributed by atoms with van der Waals surface area (Å²) in [5.74, 6) is -0.151. The van der Waals surface area contributed by atoms with Crippen molar-refractivity contribution < 1.29 is 18.7 Å². The Labute approximate surface area is 191 Å². The lowest BCUT2D eigenvalue weighted by Crippen LogP contribution is -2.37. The molecule has 0 aliphatic carbocycles. The molecule has 33 heavy (non-hydrogen) atoms. The Kier molecular flexibility index (Phi) is 5.76. The quantitative estimate of drug-likeness (QED) is 0.350. The van der Waals surface area contributed by atoms with Crippen LogP contribution in [-0.2, 0) is 4.79 Å². The summed E-state index contributed by atoms with van der Waals surface area (Å²) in [6.07, 6.45) is 1.34. The fourth-order valence-corrected chi connectivity index (χ4v) is 3.90. The third-order valence-electron chi connectivity index (χ3n) is 5.75. The highest BCUT2D eigenvalue weighted by atomic mass is 16.5. The zero-order valence-corrected chi connectivity index (χ0v) is 17.9. The molecule has 5 rings (SSSR count). The van der Waals surface area contributed by atoms with Crippen molar-refractivity contribution in [2.24, 2.45) is 5.92 Å². The summed E-state index contributed by atoms with van der Waals surface area (Å²) in [5, 5.41) is 2.83. The highest BCUT2D eigenvalue weighted by Gasteiger charge is 2.28. The molecule has 3 aromatic carbocycles. The van der Waals surface area contributed by atoms with E-state index in [0.717, 1.165) is 11.1 Å². The number of rotatable bonds is 5. The lowest BCUT2D eigenvalue weighted by molar-refractivity contribution is -0.139. The Balaban J connectivity index is 1.14. The van der Waals surface area contributed by atoms with E-state index in [2.05, 4.69) is 15.2 Å². The first-order valence-electron chi connectivity index (χ1n) is 10.9. The molecule has 7 nitrogen and oxygen atoms in total. The van der Waals surface area contributed by atoms with Crippen LogP contribution >= 0.6 is 0 Å². The molecule has 7 heteroatoms. The number of oxazole rings is 1. The second kappa shape index (κ2) is 9.16. The predicted octanol–water partition coefficient (Wildman–Crippen LogP) is 4.90.